The second-order valence-electron chi connectivity index (χ2n) is 5.69. The van der Waals surface area contributed by atoms with E-state index in [-0.39, 0.29) is 0 Å². The molecule has 0 amide bonds. The molecule has 0 radical (unpaired) electrons. The van der Waals surface area contributed by atoms with Gasteiger partial charge in [0.05, 0.1) is 6.54 Å². The van der Waals surface area contributed by atoms with Gasteiger partial charge in [-0.3, -0.25) is 0 Å². The normalized spacial score (nSPS) is 10.0. The van der Waals surface area contributed by atoms with Crippen LogP contribution in [0.4, 0.5) is 5.69 Å². The number of anilines is 1. The molecule has 2 nitrogen and oxygen atoms in total. The van der Waals surface area contributed by atoms with Gasteiger partial charge in [0.1, 0.15) is 11.5 Å². The second-order valence-corrected chi connectivity index (χ2v) is 5.69. The molecule has 2 heteroatoms. The summed E-state index contributed by atoms with van der Waals surface area (Å²) in [6, 6.07) is 21.2. The Morgan fingerprint density at radius 3 is 2.21 bits per heavy atom. The van der Waals surface area contributed by atoms with E-state index in [0.29, 0.717) is 6.54 Å². The van der Waals surface area contributed by atoms with Crippen molar-refractivity contribution in [2.45, 2.75) is 40.7 Å². The van der Waals surface area contributed by atoms with Crippen molar-refractivity contribution in [2.24, 2.45) is 0 Å². The van der Waals surface area contributed by atoms with Gasteiger partial charge in [0, 0.05) is 5.69 Å². The van der Waals surface area contributed by atoms with Gasteiger partial charge in [-0.15, -0.1) is 0 Å². The van der Waals surface area contributed by atoms with Crippen LogP contribution in [0.3, 0.4) is 0 Å². The molecule has 0 saturated heterocycles. The summed E-state index contributed by atoms with van der Waals surface area (Å²) in [5.41, 5.74) is 5.09. The zero-order valence-corrected chi connectivity index (χ0v) is 15.1. The summed E-state index contributed by atoms with van der Waals surface area (Å²) >= 11 is 0. The van der Waals surface area contributed by atoms with E-state index >= 15 is 0 Å². The number of aryl methyl sites for hydroxylation is 2. The Morgan fingerprint density at radius 1 is 0.833 bits per heavy atom. The van der Waals surface area contributed by atoms with E-state index in [9.17, 15) is 0 Å². The highest BCUT2D eigenvalue weighted by Gasteiger charge is 2.04. The number of rotatable bonds is 5. The van der Waals surface area contributed by atoms with Gasteiger partial charge in [-0.1, -0.05) is 61.9 Å². The fraction of sp³-hybridized carbons (Fsp3) is 0.273. The molecule has 2 aromatic carbocycles. The van der Waals surface area contributed by atoms with Gasteiger partial charge in [-0.05, 0) is 49.6 Å². The molecule has 0 spiro atoms. The average Bonchev–Trinajstić information content (AvgIpc) is 3.03. The largest absolute Gasteiger partial charge is 0.465 e. The molecule has 0 aliphatic heterocycles. The van der Waals surface area contributed by atoms with E-state index in [1.807, 2.05) is 32.9 Å². The minimum absolute atomic E-state index is 0.707. The Balaban J connectivity index is 0.00000100. The van der Waals surface area contributed by atoms with Crippen LogP contribution in [0.5, 0.6) is 0 Å². The number of hydrogen-bond donors (Lipinski definition) is 1. The van der Waals surface area contributed by atoms with Crippen molar-refractivity contribution in [2.75, 3.05) is 5.32 Å². The van der Waals surface area contributed by atoms with E-state index in [0.717, 1.165) is 23.6 Å². The highest BCUT2D eigenvalue weighted by molar-refractivity contribution is 5.53. The van der Waals surface area contributed by atoms with Gasteiger partial charge in [0.15, 0.2) is 0 Å². The SMILES string of the molecule is CC.Cc1ccc(Cc2ccccc2NCc2ccc(C)o2)cc1. The molecule has 0 unspecified atom stereocenters. The second kappa shape index (κ2) is 8.97. The van der Waals surface area contributed by atoms with Crippen molar-refractivity contribution < 1.29 is 4.42 Å². The molecule has 0 fully saturated rings. The first kappa shape index (κ1) is 17.9. The Bertz CT molecular complexity index is 741. The summed E-state index contributed by atoms with van der Waals surface area (Å²) in [7, 11) is 0. The van der Waals surface area contributed by atoms with Crippen LogP contribution in [-0.2, 0) is 13.0 Å². The Kier molecular flexibility index (Phi) is 6.68. The molecule has 0 aliphatic carbocycles. The van der Waals surface area contributed by atoms with Crippen LogP contribution in [0.1, 0.15) is 42.1 Å². The molecule has 1 heterocycles. The van der Waals surface area contributed by atoms with Gasteiger partial charge in [-0.2, -0.15) is 0 Å². The molecule has 1 N–H and O–H groups in total. The van der Waals surface area contributed by atoms with Crippen molar-refractivity contribution >= 4 is 5.69 Å². The molecule has 3 aromatic rings. The Labute approximate surface area is 145 Å². The highest BCUT2D eigenvalue weighted by Crippen LogP contribution is 2.20. The zero-order chi connectivity index (χ0) is 17.4. The van der Waals surface area contributed by atoms with Crippen LogP contribution in [0.15, 0.2) is 65.1 Å². The van der Waals surface area contributed by atoms with Crippen LogP contribution in [-0.4, -0.2) is 0 Å². The van der Waals surface area contributed by atoms with Gasteiger partial charge in [0.25, 0.3) is 0 Å². The monoisotopic (exact) mass is 321 g/mol. The summed E-state index contributed by atoms with van der Waals surface area (Å²) in [4.78, 5) is 0. The number of benzene rings is 2. The maximum atomic E-state index is 5.61. The number of nitrogens with one attached hydrogen (secondary N) is 1. The first-order valence-corrected chi connectivity index (χ1v) is 8.63. The lowest BCUT2D eigenvalue weighted by Crippen LogP contribution is -2.02. The van der Waals surface area contributed by atoms with E-state index in [2.05, 4.69) is 60.8 Å². The molecule has 126 valence electrons. The molecule has 0 bridgehead atoms. The van der Waals surface area contributed by atoms with Crippen molar-refractivity contribution in [3.63, 3.8) is 0 Å². The molecular formula is C22H27NO. The third kappa shape index (κ3) is 5.02. The predicted molar refractivity (Wildman–Crippen MR) is 103 cm³/mol. The number of furan rings is 1. The van der Waals surface area contributed by atoms with Crippen molar-refractivity contribution in [3.8, 4) is 0 Å². The summed E-state index contributed by atoms with van der Waals surface area (Å²) < 4.78 is 5.61. The first-order valence-electron chi connectivity index (χ1n) is 8.63. The van der Waals surface area contributed by atoms with Crippen LogP contribution < -0.4 is 5.32 Å². The van der Waals surface area contributed by atoms with Crippen LogP contribution >= 0.6 is 0 Å². The quantitative estimate of drug-likeness (QED) is 0.612. The van der Waals surface area contributed by atoms with Crippen molar-refractivity contribution in [1.82, 2.24) is 0 Å². The minimum atomic E-state index is 0.707. The summed E-state index contributed by atoms with van der Waals surface area (Å²) in [6.07, 6.45) is 0.931. The Hall–Kier alpha value is -2.48. The van der Waals surface area contributed by atoms with E-state index < -0.39 is 0 Å². The predicted octanol–water partition coefficient (Wildman–Crippen LogP) is 6.13. The van der Waals surface area contributed by atoms with Gasteiger partial charge < -0.3 is 9.73 Å². The van der Waals surface area contributed by atoms with Gasteiger partial charge in [-0.25, -0.2) is 0 Å². The van der Waals surface area contributed by atoms with Crippen LogP contribution in [0.25, 0.3) is 0 Å². The van der Waals surface area contributed by atoms with Gasteiger partial charge in [0.2, 0.25) is 0 Å². The fourth-order valence-corrected chi connectivity index (χ4v) is 2.54. The molecular weight excluding hydrogens is 294 g/mol. The van der Waals surface area contributed by atoms with E-state index in [4.69, 9.17) is 4.42 Å². The highest BCUT2D eigenvalue weighted by atomic mass is 16.3. The lowest BCUT2D eigenvalue weighted by molar-refractivity contribution is 0.490. The summed E-state index contributed by atoms with van der Waals surface area (Å²) in [5, 5.41) is 3.48. The standard InChI is InChI=1S/C20H21NO.C2H6/c1-15-7-10-17(11-8-15)13-18-5-3-4-6-20(18)21-14-19-12-9-16(2)22-19;1-2/h3-12,21H,13-14H2,1-2H3;1-2H3. The minimum Gasteiger partial charge on any atom is -0.465 e. The fourth-order valence-electron chi connectivity index (χ4n) is 2.54. The third-order valence-corrected chi connectivity index (χ3v) is 3.78. The average molecular weight is 321 g/mol. The maximum Gasteiger partial charge on any atom is 0.123 e. The van der Waals surface area contributed by atoms with Crippen molar-refractivity contribution in [3.05, 3.63) is 88.9 Å². The maximum absolute atomic E-state index is 5.61. The Morgan fingerprint density at radius 2 is 1.54 bits per heavy atom. The lowest BCUT2D eigenvalue weighted by Gasteiger charge is -2.11. The molecule has 1 aromatic heterocycles. The molecule has 0 aliphatic rings. The van der Waals surface area contributed by atoms with Gasteiger partial charge >= 0.3 is 0 Å². The summed E-state index contributed by atoms with van der Waals surface area (Å²) in [6.45, 7) is 8.79. The molecule has 0 saturated carbocycles. The zero-order valence-electron chi connectivity index (χ0n) is 15.1. The number of para-hydroxylation sites is 1. The topological polar surface area (TPSA) is 25.2 Å². The molecule has 24 heavy (non-hydrogen) atoms. The summed E-state index contributed by atoms with van der Waals surface area (Å²) in [5.74, 6) is 1.91. The van der Waals surface area contributed by atoms with Crippen molar-refractivity contribution in [1.29, 1.82) is 0 Å². The number of hydrogen-bond acceptors (Lipinski definition) is 2. The molecule has 3 rings (SSSR count). The van der Waals surface area contributed by atoms with E-state index in [1.54, 1.807) is 0 Å². The van der Waals surface area contributed by atoms with E-state index in [1.165, 1.54) is 16.7 Å². The lowest BCUT2D eigenvalue weighted by atomic mass is 10.0. The molecule has 0 atom stereocenters. The third-order valence-electron chi connectivity index (χ3n) is 3.78. The smallest absolute Gasteiger partial charge is 0.123 e. The first-order chi connectivity index (χ1) is 11.7. The van der Waals surface area contributed by atoms with Crippen LogP contribution in [0.2, 0.25) is 0 Å². The van der Waals surface area contributed by atoms with Crippen LogP contribution in [0, 0.1) is 13.8 Å².